The molecule has 4 rings (SSSR count). The molecule has 1 aliphatic carbocycles. The summed E-state index contributed by atoms with van der Waals surface area (Å²) in [6.45, 7) is 8.04. The zero-order chi connectivity index (χ0) is 19.9. The van der Waals surface area contributed by atoms with Crippen LogP contribution >= 0.6 is 0 Å². The summed E-state index contributed by atoms with van der Waals surface area (Å²) in [6.07, 6.45) is 5.16. The van der Waals surface area contributed by atoms with E-state index in [0.29, 0.717) is 0 Å². The van der Waals surface area contributed by atoms with Gasteiger partial charge in [-0.3, -0.25) is 0 Å². The molecule has 150 valence electrons. The Hall–Kier alpha value is -2.48. The van der Waals surface area contributed by atoms with Crippen LogP contribution in [-0.2, 0) is 6.42 Å². The smallest absolute Gasteiger partial charge is 0.225 e. The Morgan fingerprint density at radius 1 is 1.21 bits per heavy atom. The van der Waals surface area contributed by atoms with Crippen LogP contribution in [0.1, 0.15) is 56.1 Å². The van der Waals surface area contributed by atoms with E-state index in [1.54, 1.807) is 0 Å². The lowest BCUT2D eigenvalue weighted by molar-refractivity contribution is 0.145. The average Bonchev–Trinajstić information content (AvgIpc) is 2.60. The minimum absolute atomic E-state index is 0.0738. The van der Waals surface area contributed by atoms with Gasteiger partial charge in [0.25, 0.3) is 0 Å². The van der Waals surface area contributed by atoms with Gasteiger partial charge in [0.2, 0.25) is 11.9 Å². The summed E-state index contributed by atoms with van der Waals surface area (Å²) in [6, 6.07) is 1.98. The minimum atomic E-state index is -0.204. The molecule has 0 aromatic carbocycles. The highest BCUT2D eigenvalue weighted by Gasteiger charge is 2.34. The van der Waals surface area contributed by atoms with Crippen molar-refractivity contribution in [3.05, 3.63) is 29.2 Å². The predicted molar refractivity (Wildman–Crippen MR) is 109 cm³/mol. The number of hydrogen-bond donors (Lipinski definition) is 3. The van der Waals surface area contributed by atoms with E-state index < -0.39 is 0 Å². The number of hydrogen-bond acceptors (Lipinski definition) is 8. The number of nitrogens with zero attached hydrogens (tertiary/aromatic N) is 5. The van der Waals surface area contributed by atoms with Gasteiger partial charge in [-0.25, -0.2) is 15.0 Å². The number of anilines is 3. The molecule has 28 heavy (non-hydrogen) atoms. The highest BCUT2D eigenvalue weighted by atomic mass is 16.3. The zero-order valence-corrected chi connectivity index (χ0v) is 16.8. The highest BCUT2D eigenvalue weighted by Crippen LogP contribution is 2.41. The Morgan fingerprint density at radius 2 is 1.96 bits per heavy atom. The second kappa shape index (κ2) is 7.16. The van der Waals surface area contributed by atoms with Crippen molar-refractivity contribution >= 4 is 17.7 Å². The Kier molecular flexibility index (Phi) is 4.82. The van der Waals surface area contributed by atoms with Crippen LogP contribution in [0.2, 0.25) is 0 Å². The van der Waals surface area contributed by atoms with E-state index in [9.17, 15) is 5.11 Å². The van der Waals surface area contributed by atoms with E-state index in [-0.39, 0.29) is 23.5 Å². The summed E-state index contributed by atoms with van der Waals surface area (Å²) in [7, 11) is 0. The molecule has 0 spiro atoms. The van der Waals surface area contributed by atoms with E-state index in [1.807, 2.05) is 19.2 Å². The Morgan fingerprint density at radius 3 is 2.68 bits per heavy atom. The number of aromatic nitrogens is 4. The van der Waals surface area contributed by atoms with Crippen molar-refractivity contribution < 1.29 is 5.11 Å². The number of aryl methyl sites for hydroxylation is 1. The van der Waals surface area contributed by atoms with Gasteiger partial charge >= 0.3 is 0 Å². The number of aliphatic hydroxyl groups excluding tert-OH is 1. The molecular weight excluding hydrogens is 354 g/mol. The normalized spacial score (nSPS) is 22.0. The third-order valence-electron chi connectivity index (χ3n) is 5.61. The van der Waals surface area contributed by atoms with Crippen LogP contribution in [0, 0.1) is 12.3 Å². The number of piperidine rings is 1. The third kappa shape index (κ3) is 4.01. The number of nitrogens with two attached hydrogens (primary N) is 1. The van der Waals surface area contributed by atoms with E-state index in [1.165, 1.54) is 0 Å². The SMILES string of the molecule is Cc1cc(NC2CC(C)(C)Cc3nc(N4CCC(O)CC4)ncc32)nc(N)n1. The second-order valence-corrected chi connectivity index (χ2v) is 8.79. The fraction of sp³-hybridized carbons (Fsp3) is 0.600. The van der Waals surface area contributed by atoms with Crippen molar-refractivity contribution in [3.8, 4) is 0 Å². The first-order chi connectivity index (χ1) is 13.3. The van der Waals surface area contributed by atoms with Gasteiger partial charge in [-0.05, 0) is 38.0 Å². The summed E-state index contributed by atoms with van der Waals surface area (Å²) in [5, 5.41) is 13.3. The van der Waals surface area contributed by atoms with Crippen molar-refractivity contribution in [2.45, 2.75) is 58.6 Å². The van der Waals surface area contributed by atoms with Gasteiger partial charge in [-0.1, -0.05) is 13.8 Å². The quantitative estimate of drug-likeness (QED) is 0.740. The molecule has 8 heteroatoms. The first-order valence-electron chi connectivity index (χ1n) is 9.96. The summed E-state index contributed by atoms with van der Waals surface area (Å²) in [4.78, 5) is 20.2. The summed E-state index contributed by atoms with van der Waals surface area (Å²) < 4.78 is 0. The largest absolute Gasteiger partial charge is 0.393 e. The molecule has 0 radical (unpaired) electrons. The van der Waals surface area contributed by atoms with Gasteiger partial charge in [0.05, 0.1) is 17.8 Å². The van der Waals surface area contributed by atoms with Crippen LogP contribution in [0.3, 0.4) is 0 Å². The Balaban J connectivity index is 1.62. The molecule has 0 saturated carbocycles. The fourth-order valence-corrected chi connectivity index (χ4v) is 4.23. The highest BCUT2D eigenvalue weighted by molar-refractivity contribution is 5.45. The molecule has 0 amide bonds. The van der Waals surface area contributed by atoms with Gasteiger partial charge in [-0.2, -0.15) is 4.98 Å². The second-order valence-electron chi connectivity index (χ2n) is 8.79. The summed E-state index contributed by atoms with van der Waals surface area (Å²) >= 11 is 0. The molecular formula is C20H29N7O. The maximum absolute atomic E-state index is 9.75. The molecule has 2 aliphatic rings. The lowest BCUT2D eigenvalue weighted by Crippen LogP contribution is -2.38. The molecule has 8 nitrogen and oxygen atoms in total. The van der Waals surface area contributed by atoms with Crippen molar-refractivity contribution in [1.29, 1.82) is 0 Å². The fourth-order valence-electron chi connectivity index (χ4n) is 4.23. The molecule has 1 saturated heterocycles. The van der Waals surface area contributed by atoms with Crippen LogP contribution in [-0.4, -0.2) is 44.2 Å². The van der Waals surface area contributed by atoms with Crippen molar-refractivity contribution in [3.63, 3.8) is 0 Å². The van der Waals surface area contributed by atoms with E-state index in [4.69, 9.17) is 10.7 Å². The first-order valence-corrected chi connectivity index (χ1v) is 9.96. The van der Waals surface area contributed by atoms with Crippen LogP contribution < -0.4 is 16.0 Å². The molecule has 4 N–H and O–H groups in total. The molecule has 1 atom stereocenters. The lowest BCUT2D eigenvalue weighted by atomic mass is 9.74. The van der Waals surface area contributed by atoms with Crippen LogP contribution in [0.4, 0.5) is 17.7 Å². The molecule has 1 unspecified atom stereocenters. The molecule has 1 aliphatic heterocycles. The molecule has 0 bridgehead atoms. The maximum Gasteiger partial charge on any atom is 0.225 e. The van der Waals surface area contributed by atoms with Gasteiger partial charge in [-0.15, -0.1) is 0 Å². The minimum Gasteiger partial charge on any atom is -0.393 e. The monoisotopic (exact) mass is 383 g/mol. The van der Waals surface area contributed by atoms with Crippen molar-refractivity contribution in [2.75, 3.05) is 29.0 Å². The predicted octanol–water partition coefficient (Wildman–Crippen LogP) is 2.24. The van der Waals surface area contributed by atoms with Crippen LogP contribution in [0.5, 0.6) is 0 Å². The van der Waals surface area contributed by atoms with Gasteiger partial charge in [0.1, 0.15) is 5.82 Å². The standard InChI is InChI=1S/C20H29N7O/c1-12-8-17(26-18(21)23-12)24-15-9-20(2,3)10-16-14(15)11-22-19(25-16)27-6-4-13(28)5-7-27/h8,11,13,15,28H,4-7,9-10H2,1-3H3,(H3,21,23,24,26). The van der Waals surface area contributed by atoms with Crippen LogP contribution in [0.15, 0.2) is 12.3 Å². The number of fused-ring (bicyclic) bond motifs is 1. The van der Waals surface area contributed by atoms with E-state index in [0.717, 1.165) is 67.5 Å². The first kappa shape index (κ1) is 18.9. The van der Waals surface area contributed by atoms with Gasteiger partial charge in [0.15, 0.2) is 0 Å². The Bertz CT molecular complexity index is 841. The average molecular weight is 384 g/mol. The van der Waals surface area contributed by atoms with Crippen molar-refractivity contribution in [1.82, 2.24) is 19.9 Å². The Labute approximate surface area is 165 Å². The number of nitrogen functional groups attached to an aromatic ring is 1. The van der Waals surface area contributed by atoms with E-state index >= 15 is 0 Å². The maximum atomic E-state index is 9.75. The number of rotatable bonds is 3. The summed E-state index contributed by atoms with van der Waals surface area (Å²) in [5.41, 5.74) is 8.97. The van der Waals surface area contributed by atoms with E-state index in [2.05, 4.69) is 39.0 Å². The third-order valence-corrected chi connectivity index (χ3v) is 5.61. The lowest BCUT2D eigenvalue weighted by Gasteiger charge is -2.37. The molecule has 3 heterocycles. The molecule has 1 fully saturated rings. The zero-order valence-electron chi connectivity index (χ0n) is 16.8. The summed E-state index contributed by atoms with van der Waals surface area (Å²) in [5.74, 6) is 1.77. The molecule has 2 aromatic rings. The van der Waals surface area contributed by atoms with Gasteiger partial charge in [0, 0.05) is 36.6 Å². The molecule has 2 aromatic heterocycles. The van der Waals surface area contributed by atoms with Gasteiger partial charge < -0.3 is 21.1 Å². The number of aliphatic hydroxyl groups is 1. The topological polar surface area (TPSA) is 113 Å². The number of nitrogens with one attached hydrogen (secondary N) is 1. The van der Waals surface area contributed by atoms with Crippen LogP contribution in [0.25, 0.3) is 0 Å². The van der Waals surface area contributed by atoms with Crippen molar-refractivity contribution in [2.24, 2.45) is 5.41 Å².